The predicted octanol–water partition coefficient (Wildman–Crippen LogP) is 2.50. The third-order valence-corrected chi connectivity index (χ3v) is 6.78. The Balaban J connectivity index is 1.45. The zero-order valence-electron chi connectivity index (χ0n) is 17.8. The number of ether oxygens (including phenoxy) is 1. The molecule has 1 aliphatic heterocycles. The Bertz CT molecular complexity index is 796. The summed E-state index contributed by atoms with van der Waals surface area (Å²) in [4.78, 5) is 40.1. The molecule has 2 heterocycles. The lowest BCUT2D eigenvalue weighted by Gasteiger charge is -2.42. The first-order valence-electron chi connectivity index (χ1n) is 11.1. The lowest BCUT2D eigenvalue weighted by Crippen LogP contribution is -2.60. The van der Waals surface area contributed by atoms with Crippen molar-refractivity contribution in [1.29, 1.82) is 0 Å². The normalized spacial score (nSPS) is 27.5. The summed E-state index contributed by atoms with van der Waals surface area (Å²) >= 11 is 0. The lowest BCUT2D eigenvalue weighted by atomic mass is 9.82. The van der Waals surface area contributed by atoms with Gasteiger partial charge in [-0.3, -0.25) is 14.4 Å². The predicted molar refractivity (Wildman–Crippen MR) is 108 cm³/mol. The summed E-state index contributed by atoms with van der Waals surface area (Å²) in [6.45, 7) is 2.74. The third kappa shape index (κ3) is 4.37. The van der Waals surface area contributed by atoms with Crippen LogP contribution in [0.4, 0.5) is 0 Å². The number of hydrogen-bond acceptors (Lipinski definition) is 6. The van der Waals surface area contributed by atoms with Gasteiger partial charge in [-0.1, -0.05) is 31.3 Å². The van der Waals surface area contributed by atoms with Crippen LogP contribution in [0.2, 0.25) is 0 Å². The Kier molecular flexibility index (Phi) is 6.11. The molecule has 2 saturated carbocycles. The minimum absolute atomic E-state index is 0.0476. The van der Waals surface area contributed by atoms with Gasteiger partial charge in [0.05, 0.1) is 13.0 Å². The van der Waals surface area contributed by atoms with Gasteiger partial charge in [-0.25, -0.2) is 0 Å². The number of carbonyl (C=O) groups excluding carboxylic acids is 3. The summed E-state index contributed by atoms with van der Waals surface area (Å²) < 4.78 is 10.3. The molecule has 1 saturated heterocycles. The number of esters is 1. The highest BCUT2D eigenvalue weighted by molar-refractivity contribution is 5.93. The first-order valence-corrected chi connectivity index (χ1v) is 11.1. The Morgan fingerprint density at radius 3 is 2.53 bits per heavy atom. The van der Waals surface area contributed by atoms with Crippen LogP contribution in [0.25, 0.3) is 0 Å². The molecule has 0 aromatic carbocycles. The monoisotopic (exact) mass is 417 g/mol. The summed E-state index contributed by atoms with van der Waals surface area (Å²) in [5.74, 6) is -0.174. The van der Waals surface area contributed by atoms with Crippen LogP contribution in [0, 0.1) is 17.8 Å². The van der Waals surface area contributed by atoms with Crippen molar-refractivity contribution >= 4 is 17.8 Å². The van der Waals surface area contributed by atoms with E-state index in [0.29, 0.717) is 12.5 Å². The van der Waals surface area contributed by atoms with E-state index in [2.05, 4.69) is 10.5 Å². The number of amides is 2. The van der Waals surface area contributed by atoms with Gasteiger partial charge in [0.1, 0.15) is 5.76 Å². The Labute approximate surface area is 176 Å². The topological polar surface area (TPSA) is 102 Å². The molecule has 4 rings (SSSR count). The number of hydrogen-bond donors (Lipinski definition) is 1. The second kappa shape index (κ2) is 8.78. The van der Waals surface area contributed by atoms with Crippen molar-refractivity contribution in [1.82, 2.24) is 15.4 Å². The van der Waals surface area contributed by atoms with E-state index in [1.807, 2.05) is 6.92 Å². The number of aromatic nitrogens is 1. The first kappa shape index (κ1) is 20.9. The van der Waals surface area contributed by atoms with Crippen molar-refractivity contribution in [2.75, 3.05) is 20.2 Å². The largest absolute Gasteiger partial charge is 0.469 e. The molecule has 3 aliphatic rings. The molecule has 3 atom stereocenters. The molecule has 0 bridgehead atoms. The molecule has 8 heteroatoms. The minimum Gasteiger partial charge on any atom is -0.469 e. The van der Waals surface area contributed by atoms with Crippen LogP contribution < -0.4 is 5.32 Å². The van der Waals surface area contributed by atoms with Crippen LogP contribution in [0.15, 0.2) is 10.6 Å². The maximum Gasteiger partial charge on any atom is 0.312 e. The van der Waals surface area contributed by atoms with E-state index in [1.165, 1.54) is 13.5 Å². The average molecular weight is 418 g/mol. The van der Waals surface area contributed by atoms with Crippen molar-refractivity contribution in [3.05, 3.63) is 17.5 Å². The molecule has 1 aromatic heterocycles. The van der Waals surface area contributed by atoms with Gasteiger partial charge in [-0.15, -0.1) is 0 Å². The maximum atomic E-state index is 13.0. The highest BCUT2D eigenvalue weighted by atomic mass is 16.5. The van der Waals surface area contributed by atoms with Crippen LogP contribution in [-0.4, -0.2) is 54.1 Å². The third-order valence-electron chi connectivity index (χ3n) is 6.78. The first-order chi connectivity index (χ1) is 14.5. The van der Waals surface area contributed by atoms with E-state index in [4.69, 9.17) is 9.26 Å². The summed E-state index contributed by atoms with van der Waals surface area (Å²) in [5.41, 5.74) is 0.230. The molecule has 0 radical (unpaired) electrons. The molecular weight excluding hydrogens is 386 g/mol. The standard InChI is InChI=1S/C22H31N3O5/c1-13-11-25(21(27)15-6-4-3-5-7-15)12-16(22(28)29-2)19(13)23-20(26)17-10-18(30-24-17)14-8-9-14/h10,13-16,19H,3-9,11-12H2,1-2H3,(H,23,26). The smallest absolute Gasteiger partial charge is 0.312 e. The van der Waals surface area contributed by atoms with Gasteiger partial charge in [-0.05, 0) is 31.6 Å². The molecule has 1 aromatic rings. The van der Waals surface area contributed by atoms with E-state index in [-0.39, 0.29) is 35.9 Å². The Hall–Kier alpha value is -2.38. The number of piperidine rings is 1. The quantitative estimate of drug-likeness (QED) is 0.739. The molecule has 1 N–H and O–H groups in total. The van der Waals surface area contributed by atoms with Gasteiger partial charge in [0.15, 0.2) is 5.69 Å². The maximum absolute atomic E-state index is 13.0. The fourth-order valence-electron chi connectivity index (χ4n) is 4.87. The van der Waals surface area contributed by atoms with E-state index in [1.54, 1.807) is 11.0 Å². The number of methoxy groups -OCH3 is 1. The van der Waals surface area contributed by atoms with Gasteiger partial charge in [0, 0.05) is 37.0 Å². The molecule has 8 nitrogen and oxygen atoms in total. The molecule has 164 valence electrons. The number of likely N-dealkylation sites (tertiary alicyclic amines) is 1. The lowest BCUT2D eigenvalue weighted by molar-refractivity contribution is -0.152. The van der Waals surface area contributed by atoms with Gasteiger partial charge in [0.2, 0.25) is 5.91 Å². The molecule has 30 heavy (non-hydrogen) atoms. The van der Waals surface area contributed by atoms with Gasteiger partial charge >= 0.3 is 5.97 Å². The number of nitrogens with zero attached hydrogens (tertiary/aromatic N) is 2. The van der Waals surface area contributed by atoms with Crippen LogP contribution >= 0.6 is 0 Å². The summed E-state index contributed by atoms with van der Waals surface area (Å²) in [6, 6.07) is 1.26. The van der Waals surface area contributed by atoms with E-state index < -0.39 is 17.9 Å². The van der Waals surface area contributed by atoms with E-state index in [0.717, 1.165) is 44.3 Å². The molecule has 3 fully saturated rings. The SMILES string of the molecule is COC(=O)C1CN(C(=O)C2CCCCC2)CC(C)C1NC(=O)c1cc(C2CC2)on1. The highest BCUT2D eigenvalue weighted by Crippen LogP contribution is 2.40. The summed E-state index contributed by atoms with van der Waals surface area (Å²) in [5, 5.41) is 6.86. The molecule has 2 amide bonds. The van der Waals surface area contributed by atoms with Gasteiger partial charge in [0.25, 0.3) is 5.91 Å². The zero-order valence-corrected chi connectivity index (χ0v) is 17.8. The average Bonchev–Trinajstić information content (AvgIpc) is 3.50. The number of carbonyl (C=O) groups is 3. The summed E-state index contributed by atoms with van der Waals surface area (Å²) in [6.07, 6.45) is 7.31. The minimum atomic E-state index is -0.606. The second-order valence-corrected chi connectivity index (χ2v) is 9.07. The molecular formula is C22H31N3O5. The van der Waals surface area contributed by atoms with E-state index >= 15 is 0 Å². The van der Waals surface area contributed by atoms with Crippen LogP contribution in [0.3, 0.4) is 0 Å². The summed E-state index contributed by atoms with van der Waals surface area (Å²) in [7, 11) is 1.34. The van der Waals surface area contributed by atoms with Crippen LogP contribution in [-0.2, 0) is 14.3 Å². The van der Waals surface area contributed by atoms with Crippen LogP contribution in [0.5, 0.6) is 0 Å². The van der Waals surface area contributed by atoms with E-state index in [9.17, 15) is 14.4 Å². The van der Waals surface area contributed by atoms with Crippen LogP contribution in [0.1, 0.15) is 74.0 Å². The Morgan fingerprint density at radius 1 is 1.13 bits per heavy atom. The molecule has 2 aliphatic carbocycles. The Morgan fingerprint density at radius 2 is 1.87 bits per heavy atom. The number of rotatable bonds is 5. The second-order valence-electron chi connectivity index (χ2n) is 9.07. The van der Waals surface area contributed by atoms with Gasteiger partial charge < -0.3 is 19.5 Å². The fraction of sp³-hybridized carbons (Fsp3) is 0.727. The fourth-order valence-corrected chi connectivity index (χ4v) is 4.87. The van der Waals surface area contributed by atoms with Crippen molar-refractivity contribution in [3.63, 3.8) is 0 Å². The van der Waals surface area contributed by atoms with Gasteiger partial charge in [-0.2, -0.15) is 0 Å². The molecule has 0 spiro atoms. The number of nitrogens with one attached hydrogen (secondary N) is 1. The highest BCUT2D eigenvalue weighted by Gasteiger charge is 2.43. The molecule has 3 unspecified atom stereocenters. The van der Waals surface area contributed by atoms with Crippen molar-refractivity contribution in [2.24, 2.45) is 17.8 Å². The van der Waals surface area contributed by atoms with Crippen molar-refractivity contribution in [2.45, 2.75) is 63.8 Å². The van der Waals surface area contributed by atoms with Crippen molar-refractivity contribution < 1.29 is 23.6 Å². The zero-order chi connectivity index (χ0) is 21.3. The van der Waals surface area contributed by atoms with Crippen molar-refractivity contribution in [3.8, 4) is 0 Å².